The van der Waals surface area contributed by atoms with E-state index in [4.69, 9.17) is 5.11 Å². The maximum atomic E-state index is 12.7. The Morgan fingerprint density at radius 1 is 1.43 bits per heavy atom. The third-order valence-electron chi connectivity index (χ3n) is 4.18. The van der Waals surface area contributed by atoms with Crippen LogP contribution in [0.15, 0.2) is 29.1 Å². The van der Waals surface area contributed by atoms with Crippen LogP contribution in [-0.2, 0) is 11.2 Å². The van der Waals surface area contributed by atoms with Gasteiger partial charge in [-0.1, -0.05) is 25.5 Å². The first-order chi connectivity index (χ1) is 10.1. The summed E-state index contributed by atoms with van der Waals surface area (Å²) in [7, 11) is 0. The molecule has 2 atom stereocenters. The number of aromatic nitrogens is 2. The van der Waals surface area contributed by atoms with E-state index in [1.807, 2.05) is 12.1 Å². The van der Waals surface area contributed by atoms with Crippen LogP contribution in [0.4, 0.5) is 0 Å². The zero-order valence-corrected chi connectivity index (χ0v) is 12.0. The molecule has 1 aromatic heterocycles. The van der Waals surface area contributed by atoms with Crippen LogP contribution in [0.25, 0.3) is 10.9 Å². The molecule has 5 heteroatoms. The summed E-state index contributed by atoms with van der Waals surface area (Å²) in [6.45, 7) is 2.11. The highest BCUT2D eigenvalue weighted by Crippen LogP contribution is 2.45. The largest absolute Gasteiger partial charge is 0.481 e. The first-order valence-corrected chi connectivity index (χ1v) is 7.33. The smallest absolute Gasteiger partial charge is 0.303 e. The van der Waals surface area contributed by atoms with Crippen LogP contribution < -0.4 is 5.56 Å². The SMILES string of the molecule is CCC1CC1n1c(CCC(=O)O)nc2ccccc2c1=O. The van der Waals surface area contributed by atoms with Crippen LogP contribution in [0.3, 0.4) is 0 Å². The fraction of sp³-hybridized carbons (Fsp3) is 0.438. The number of carboxylic acid groups (broad SMARTS) is 1. The number of hydrogen-bond donors (Lipinski definition) is 1. The van der Waals surface area contributed by atoms with Gasteiger partial charge in [-0.2, -0.15) is 0 Å². The van der Waals surface area contributed by atoms with E-state index in [1.165, 1.54) is 0 Å². The Hall–Kier alpha value is -2.17. The molecule has 3 rings (SSSR count). The molecular formula is C16H18N2O3. The minimum Gasteiger partial charge on any atom is -0.481 e. The highest BCUT2D eigenvalue weighted by atomic mass is 16.4. The second-order valence-electron chi connectivity index (χ2n) is 5.59. The summed E-state index contributed by atoms with van der Waals surface area (Å²) in [5, 5.41) is 9.50. The first-order valence-electron chi connectivity index (χ1n) is 7.33. The third kappa shape index (κ3) is 2.55. The molecule has 1 aromatic carbocycles. The summed E-state index contributed by atoms with van der Waals surface area (Å²) in [4.78, 5) is 28.1. The topological polar surface area (TPSA) is 72.2 Å². The molecule has 110 valence electrons. The molecule has 0 radical (unpaired) electrons. The highest BCUT2D eigenvalue weighted by Gasteiger charge is 2.39. The van der Waals surface area contributed by atoms with Crippen molar-refractivity contribution in [1.82, 2.24) is 9.55 Å². The molecule has 1 heterocycles. The van der Waals surface area contributed by atoms with E-state index >= 15 is 0 Å². The number of nitrogens with zero attached hydrogens (tertiary/aromatic N) is 2. The van der Waals surface area contributed by atoms with E-state index in [1.54, 1.807) is 16.7 Å². The second kappa shape index (κ2) is 5.31. The molecule has 1 N–H and O–H groups in total. The van der Waals surface area contributed by atoms with Gasteiger partial charge in [0.15, 0.2) is 0 Å². The van der Waals surface area contributed by atoms with Gasteiger partial charge < -0.3 is 5.11 Å². The number of carbonyl (C=O) groups is 1. The number of rotatable bonds is 5. The fourth-order valence-electron chi connectivity index (χ4n) is 2.92. The number of hydrogen-bond acceptors (Lipinski definition) is 3. The van der Waals surface area contributed by atoms with Gasteiger partial charge in [0.25, 0.3) is 5.56 Å². The lowest BCUT2D eigenvalue weighted by Gasteiger charge is -2.13. The maximum absolute atomic E-state index is 12.7. The van der Waals surface area contributed by atoms with Gasteiger partial charge in [-0.15, -0.1) is 0 Å². The van der Waals surface area contributed by atoms with Crippen molar-refractivity contribution in [1.29, 1.82) is 0 Å². The lowest BCUT2D eigenvalue weighted by atomic mass is 10.2. The molecule has 5 nitrogen and oxygen atoms in total. The predicted molar refractivity (Wildman–Crippen MR) is 79.4 cm³/mol. The number of para-hydroxylation sites is 1. The summed E-state index contributed by atoms with van der Waals surface area (Å²) < 4.78 is 1.74. The molecule has 1 aliphatic rings. The van der Waals surface area contributed by atoms with Gasteiger partial charge in [-0.25, -0.2) is 4.98 Å². The van der Waals surface area contributed by atoms with Crippen molar-refractivity contribution in [3.05, 3.63) is 40.4 Å². The minimum atomic E-state index is -0.869. The lowest BCUT2D eigenvalue weighted by molar-refractivity contribution is -0.137. The van der Waals surface area contributed by atoms with Crippen LogP contribution >= 0.6 is 0 Å². The van der Waals surface area contributed by atoms with E-state index in [9.17, 15) is 9.59 Å². The molecule has 2 aromatic rings. The van der Waals surface area contributed by atoms with E-state index in [0.717, 1.165) is 12.8 Å². The predicted octanol–water partition coefficient (Wildman–Crippen LogP) is 2.38. The van der Waals surface area contributed by atoms with Crippen LogP contribution in [0.5, 0.6) is 0 Å². The van der Waals surface area contributed by atoms with Crippen molar-refractivity contribution in [2.24, 2.45) is 5.92 Å². The summed E-state index contributed by atoms with van der Waals surface area (Å²) in [6, 6.07) is 7.44. The Morgan fingerprint density at radius 2 is 2.19 bits per heavy atom. The van der Waals surface area contributed by atoms with E-state index in [-0.39, 0.29) is 18.0 Å². The zero-order valence-electron chi connectivity index (χ0n) is 12.0. The summed E-state index contributed by atoms with van der Waals surface area (Å²) in [6.07, 6.45) is 2.30. The maximum Gasteiger partial charge on any atom is 0.303 e. The van der Waals surface area contributed by atoms with Crippen molar-refractivity contribution >= 4 is 16.9 Å². The molecule has 1 aliphatic carbocycles. The molecule has 1 saturated carbocycles. The third-order valence-corrected chi connectivity index (χ3v) is 4.18. The Balaban J connectivity index is 2.11. The fourth-order valence-corrected chi connectivity index (χ4v) is 2.92. The molecule has 0 saturated heterocycles. The van der Waals surface area contributed by atoms with Crippen LogP contribution in [0.1, 0.15) is 38.1 Å². The standard InChI is InChI=1S/C16H18N2O3/c1-2-10-9-13(10)18-14(7-8-15(19)20)17-12-6-4-3-5-11(12)16(18)21/h3-6,10,13H,2,7-9H2,1H3,(H,19,20). The molecule has 0 bridgehead atoms. The van der Waals surface area contributed by atoms with Gasteiger partial charge in [0.05, 0.1) is 17.3 Å². The number of aryl methyl sites for hydroxylation is 1. The van der Waals surface area contributed by atoms with Gasteiger partial charge in [0, 0.05) is 12.5 Å². The minimum absolute atomic E-state index is 0.00566. The summed E-state index contributed by atoms with van der Waals surface area (Å²) in [5.41, 5.74) is 0.606. The normalized spacial score (nSPS) is 20.6. The Kier molecular flexibility index (Phi) is 3.49. The van der Waals surface area contributed by atoms with E-state index < -0.39 is 5.97 Å². The molecule has 1 fully saturated rings. The Morgan fingerprint density at radius 3 is 2.86 bits per heavy atom. The van der Waals surface area contributed by atoms with Gasteiger partial charge in [0.1, 0.15) is 5.82 Å². The molecule has 21 heavy (non-hydrogen) atoms. The molecule has 0 aliphatic heterocycles. The van der Waals surface area contributed by atoms with Gasteiger partial charge in [-0.05, 0) is 24.5 Å². The number of aliphatic carboxylic acids is 1. The second-order valence-corrected chi connectivity index (χ2v) is 5.59. The Labute approximate surface area is 122 Å². The summed E-state index contributed by atoms with van der Waals surface area (Å²) >= 11 is 0. The highest BCUT2D eigenvalue weighted by molar-refractivity contribution is 5.77. The van der Waals surface area contributed by atoms with Crippen molar-refractivity contribution in [2.75, 3.05) is 0 Å². The van der Waals surface area contributed by atoms with Crippen molar-refractivity contribution in [3.63, 3.8) is 0 Å². The first kappa shape index (κ1) is 13.8. The number of benzene rings is 1. The average Bonchev–Trinajstić information content (AvgIpc) is 3.24. The van der Waals surface area contributed by atoms with Crippen molar-refractivity contribution in [3.8, 4) is 0 Å². The van der Waals surface area contributed by atoms with Crippen molar-refractivity contribution < 1.29 is 9.90 Å². The number of fused-ring (bicyclic) bond motifs is 1. The Bertz CT molecular complexity index is 751. The van der Waals surface area contributed by atoms with Gasteiger partial charge >= 0.3 is 5.97 Å². The van der Waals surface area contributed by atoms with Crippen LogP contribution in [0, 0.1) is 5.92 Å². The van der Waals surface area contributed by atoms with E-state index in [2.05, 4.69) is 11.9 Å². The summed E-state index contributed by atoms with van der Waals surface area (Å²) in [5.74, 6) is 0.239. The van der Waals surface area contributed by atoms with Crippen LogP contribution in [0.2, 0.25) is 0 Å². The quantitative estimate of drug-likeness (QED) is 0.916. The van der Waals surface area contributed by atoms with Gasteiger partial charge in [0.2, 0.25) is 0 Å². The molecule has 0 spiro atoms. The molecule has 2 unspecified atom stereocenters. The zero-order chi connectivity index (χ0) is 15.0. The molecular weight excluding hydrogens is 268 g/mol. The van der Waals surface area contributed by atoms with Crippen LogP contribution in [-0.4, -0.2) is 20.6 Å². The van der Waals surface area contributed by atoms with Crippen molar-refractivity contribution in [2.45, 2.75) is 38.6 Å². The molecule has 0 amide bonds. The number of carboxylic acids is 1. The van der Waals surface area contributed by atoms with E-state index in [0.29, 0.717) is 29.1 Å². The lowest BCUT2D eigenvalue weighted by Crippen LogP contribution is -2.25. The van der Waals surface area contributed by atoms with Gasteiger partial charge in [-0.3, -0.25) is 14.2 Å². The monoisotopic (exact) mass is 286 g/mol. The average molecular weight is 286 g/mol.